The van der Waals surface area contributed by atoms with Crippen LogP contribution in [0.2, 0.25) is 0 Å². The highest BCUT2D eigenvalue weighted by Crippen LogP contribution is 2.31. The Balaban J connectivity index is 1.44. The highest BCUT2D eigenvalue weighted by Gasteiger charge is 2.21. The monoisotopic (exact) mass is 396 g/mol. The third kappa shape index (κ3) is 5.20. The number of amides is 1. The first-order valence-corrected chi connectivity index (χ1v) is 9.65. The van der Waals surface area contributed by atoms with Crippen LogP contribution in [0.15, 0.2) is 78.5 Å². The number of aromatic nitrogens is 2. The standard InChI is InChI=1S/C23H20N6O/c24-15-17(13-16-9-10-16)22(30)27-19-7-4-8-20(14-19)28-23-25-12-11-21(29-23)26-18-5-2-1-3-6-18/h1-8,11-14,16H,9-10H2,(H,27,30)(H2,25,26,28,29). The summed E-state index contributed by atoms with van der Waals surface area (Å²) in [6.07, 6.45) is 5.48. The number of anilines is 5. The van der Waals surface area contributed by atoms with Gasteiger partial charge in [0.05, 0.1) is 0 Å². The summed E-state index contributed by atoms with van der Waals surface area (Å²) in [7, 11) is 0. The van der Waals surface area contributed by atoms with Crippen molar-refractivity contribution in [2.75, 3.05) is 16.0 Å². The van der Waals surface area contributed by atoms with E-state index in [4.69, 9.17) is 0 Å². The summed E-state index contributed by atoms with van der Waals surface area (Å²) in [6.45, 7) is 0. The number of benzene rings is 2. The van der Waals surface area contributed by atoms with Crippen molar-refractivity contribution in [2.45, 2.75) is 12.8 Å². The maximum atomic E-state index is 12.3. The van der Waals surface area contributed by atoms with Crippen LogP contribution in [-0.2, 0) is 4.79 Å². The van der Waals surface area contributed by atoms with Crippen LogP contribution in [0, 0.1) is 17.2 Å². The number of hydrogen-bond donors (Lipinski definition) is 3. The van der Waals surface area contributed by atoms with Crippen LogP contribution in [0.5, 0.6) is 0 Å². The van der Waals surface area contributed by atoms with E-state index in [1.165, 1.54) is 0 Å². The fraction of sp³-hybridized carbons (Fsp3) is 0.130. The van der Waals surface area contributed by atoms with Crippen molar-refractivity contribution < 1.29 is 4.79 Å². The van der Waals surface area contributed by atoms with Crippen molar-refractivity contribution >= 4 is 34.7 Å². The normalized spacial score (nSPS) is 13.2. The molecule has 0 unspecified atom stereocenters. The Morgan fingerprint density at radius 1 is 1.00 bits per heavy atom. The van der Waals surface area contributed by atoms with E-state index in [1.54, 1.807) is 36.5 Å². The van der Waals surface area contributed by atoms with E-state index in [2.05, 4.69) is 25.9 Å². The van der Waals surface area contributed by atoms with E-state index in [0.29, 0.717) is 29.1 Å². The molecule has 0 atom stereocenters. The Bertz CT molecular complexity index is 1120. The molecule has 1 aliphatic rings. The van der Waals surface area contributed by atoms with Crippen LogP contribution in [-0.4, -0.2) is 15.9 Å². The van der Waals surface area contributed by atoms with Gasteiger partial charge in [0.15, 0.2) is 0 Å². The first-order valence-electron chi connectivity index (χ1n) is 9.65. The summed E-state index contributed by atoms with van der Waals surface area (Å²) < 4.78 is 0. The number of hydrogen-bond acceptors (Lipinski definition) is 6. The highest BCUT2D eigenvalue weighted by atomic mass is 16.1. The van der Waals surface area contributed by atoms with Crippen LogP contribution in [0.1, 0.15) is 12.8 Å². The highest BCUT2D eigenvalue weighted by molar-refractivity contribution is 6.06. The molecule has 0 aliphatic heterocycles. The van der Waals surface area contributed by atoms with Crippen LogP contribution in [0.4, 0.5) is 28.8 Å². The quantitative estimate of drug-likeness (QED) is 0.393. The number of nitrogens with zero attached hydrogens (tertiary/aromatic N) is 3. The molecule has 1 heterocycles. The number of nitrogens with one attached hydrogen (secondary N) is 3. The first kappa shape index (κ1) is 19.2. The Kier molecular flexibility index (Phi) is 5.67. The van der Waals surface area contributed by atoms with Gasteiger partial charge in [0.2, 0.25) is 5.95 Å². The molecule has 0 spiro atoms. The number of para-hydroxylation sites is 1. The van der Waals surface area contributed by atoms with E-state index >= 15 is 0 Å². The first-order chi connectivity index (χ1) is 14.7. The molecule has 7 nitrogen and oxygen atoms in total. The Morgan fingerprint density at radius 2 is 1.77 bits per heavy atom. The number of carbonyl (C=O) groups excluding carboxylic acids is 1. The molecule has 4 rings (SSSR count). The number of allylic oxidation sites excluding steroid dienone is 1. The molecular formula is C23H20N6O. The van der Waals surface area contributed by atoms with Gasteiger partial charge in [-0.15, -0.1) is 0 Å². The minimum Gasteiger partial charge on any atom is -0.340 e. The van der Waals surface area contributed by atoms with Gasteiger partial charge in [-0.2, -0.15) is 10.2 Å². The summed E-state index contributed by atoms with van der Waals surface area (Å²) in [5.74, 6) is 1.04. The van der Waals surface area contributed by atoms with Crippen LogP contribution >= 0.6 is 0 Å². The molecule has 0 radical (unpaired) electrons. The zero-order valence-corrected chi connectivity index (χ0v) is 16.2. The lowest BCUT2D eigenvalue weighted by Gasteiger charge is -2.10. The molecule has 1 saturated carbocycles. The van der Waals surface area contributed by atoms with Crippen molar-refractivity contribution in [1.29, 1.82) is 5.26 Å². The minimum absolute atomic E-state index is 0.152. The maximum Gasteiger partial charge on any atom is 0.265 e. The number of nitriles is 1. The van der Waals surface area contributed by atoms with E-state index in [-0.39, 0.29) is 5.57 Å². The van der Waals surface area contributed by atoms with Crippen molar-refractivity contribution in [3.8, 4) is 6.07 Å². The van der Waals surface area contributed by atoms with Crippen LogP contribution < -0.4 is 16.0 Å². The third-order valence-electron chi connectivity index (χ3n) is 4.47. The second-order valence-electron chi connectivity index (χ2n) is 6.95. The van der Waals surface area contributed by atoms with Gasteiger partial charge < -0.3 is 16.0 Å². The van der Waals surface area contributed by atoms with E-state index < -0.39 is 5.91 Å². The predicted octanol–water partition coefficient (Wildman–Crippen LogP) is 4.76. The summed E-state index contributed by atoms with van der Waals surface area (Å²) >= 11 is 0. The molecule has 3 N–H and O–H groups in total. The van der Waals surface area contributed by atoms with Crippen LogP contribution in [0.25, 0.3) is 0 Å². The lowest BCUT2D eigenvalue weighted by Crippen LogP contribution is -2.13. The zero-order chi connectivity index (χ0) is 20.8. The van der Waals surface area contributed by atoms with Crippen molar-refractivity contribution in [3.63, 3.8) is 0 Å². The van der Waals surface area contributed by atoms with Gasteiger partial charge in [0.1, 0.15) is 17.5 Å². The van der Waals surface area contributed by atoms with Crippen LogP contribution in [0.3, 0.4) is 0 Å². The van der Waals surface area contributed by atoms with E-state index in [9.17, 15) is 10.1 Å². The topological polar surface area (TPSA) is 103 Å². The molecular weight excluding hydrogens is 376 g/mol. The Morgan fingerprint density at radius 3 is 2.53 bits per heavy atom. The molecule has 1 fully saturated rings. The Hall–Kier alpha value is -4.18. The molecule has 2 aromatic carbocycles. The van der Waals surface area contributed by atoms with Crippen molar-refractivity contribution in [2.24, 2.45) is 5.92 Å². The lowest BCUT2D eigenvalue weighted by molar-refractivity contribution is -0.112. The van der Waals surface area contributed by atoms with E-state index in [0.717, 1.165) is 18.5 Å². The molecule has 7 heteroatoms. The fourth-order valence-corrected chi connectivity index (χ4v) is 2.82. The minimum atomic E-state index is -0.396. The molecule has 0 bridgehead atoms. The zero-order valence-electron chi connectivity index (χ0n) is 16.2. The van der Waals surface area contributed by atoms with E-state index in [1.807, 2.05) is 42.5 Å². The third-order valence-corrected chi connectivity index (χ3v) is 4.47. The molecule has 3 aromatic rings. The summed E-state index contributed by atoms with van der Waals surface area (Å²) in [4.78, 5) is 21.0. The van der Waals surface area contributed by atoms with Gasteiger partial charge in [-0.25, -0.2) is 4.98 Å². The van der Waals surface area contributed by atoms with Gasteiger partial charge in [0, 0.05) is 23.3 Å². The smallest absolute Gasteiger partial charge is 0.265 e. The Labute approximate surface area is 174 Å². The average Bonchev–Trinajstić information content (AvgIpc) is 3.57. The second-order valence-corrected chi connectivity index (χ2v) is 6.95. The molecule has 1 amide bonds. The average molecular weight is 396 g/mol. The van der Waals surface area contributed by atoms with Crippen molar-refractivity contribution in [1.82, 2.24) is 9.97 Å². The van der Waals surface area contributed by atoms with Gasteiger partial charge >= 0.3 is 0 Å². The lowest BCUT2D eigenvalue weighted by atomic mass is 10.2. The number of carbonyl (C=O) groups is 1. The van der Waals surface area contributed by atoms with Gasteiger partial charge in [-0.1, -0.05) is 30.3 Å². The van der Waals surface area contributed by atoms with Gasteiger partial charge in [-0.05, 0) is 55.2 Å². The van der Waals surface area contributed by atoms with Crippen molar-refractivity contribution in [3.05, 3.63) is 78.5 Å². The predicted molar refractivity (Wildman–Crippen MR) is 117 cm³/mol. The summed E-state index contributed by atoms with van der Waals surface area (Å²) in [6, 6.07) is 20.7. The number of rotatable bonds is 7. The molecule has 30 heavy (non-hydrogen) atoms. The molecule has 1 aliphatic carbocycles. The summed E-state index contributed by atoms with van der Waals surface area (Å²) in [5.41, 5.74) is 2.38. The summed E-state index contributed by atoms with van der Waals surface area (Å²) in [5, 5.41) is 18.3. The molecule has 1 aromatic heterocycles. The SMILES string of the molecule is N#CC(=CC1CC1)C(=O)Nc1cccc(Nc2nccc(Nc3ccccc3)n2)c1. The maximum absolute atomic E-state index is 12.3. The van der Waals surface area contributed by atoms with Gasteiger partial charge in [-0.3, -0.25) is 4.79 Å². The molecule has 0 saturated heterocycles. The largest absolute Gasteiger partial charge is 0.340 e. The fourth-order valence-electron chi connectivity index (χ4n) is 2.82. The van der Waals surface area contributed by atoms with Gasteiger partial charge in [0.25, 0.3) is 5.91 Å². The second kappa shape index (κ2) is 8.88. The molecule has 148 valence electrons.